The van der Waals surface area contributed by atoms with Crippen LogP contribution in [0.4, 0.5) is 4.79 Å². The van der Waals surface area contributed by atoms with E-state index < -0.39 is 22.0 Å². The number of hydrogen-bond acceptors (Lipinski definition) is 7. The maximum absolute atomic E-state index is 12.0. The van der Waals surface area contributed by atoms with Gasteiger partial charge < -0.3 is 14.6 Å². The molecule has 29 heavy (non-hydrogen) atoms. The normalized spacial score (nSPS) is 11.6. The molecule has 0 atom stereocenters. The fraction of sp³-hybridized carbons (Fsp3) is 0.471. The van der Waals surface area contributed by atoms with Gasteiger partial charge in [-0.25, -0.2) is 23.3 Å². The molecule has 0 aliphatic rings. The van der Waals surface area contributed by atoms with Crippen LogP contribution in [-0.4, -0.2) is 55.9 Å². The van der Waals surface area contributed by atoms with Crippen LogP contribution >= 0.6 is 11.8 Å². The first-order chi connectivity index (χ1) is 13.8. The van der Waals surface area contributed by atoms with Crippen molar-refractivity contribution in [3.8, 4) is 0 Å². The third-order valence-electron chi connectivity index (χ3n) is 3.93. The molecule has 0 bridgehead atoms. The standard InChI is InChI=1S/C17H25N5O5S2/c1-3-4-8-22-14-6-5-12(29(18,25)26)10-13(14)20-17(22)28-11-15(23)21-16(24)19-7-9-27-2/h5-6,10H,3-4,7-9,11H2,1-2H3,(H2,18,25,26)(H2,19,21,23,24). The smallest absolute Gasteiger partial charge is 0.321 e. The monoisotopic (exact) mass is 443 g/mol. The summed E-state index contributed by atoms with van der Waals surface area (Å²) in [6, 6.07) is 3.92. The number of sulfonamides is 1. The lowest BCUT2D eigenvalue weighted by molar-refractivity contribution is -0.117. The molecule has 0 aliphatic carbocycles. The molecule has 2 rings (SSSR count). The van der Waals surface area contributed by atoms with Gasteiger partial charge in [0.25, 0.3) is 0 Å². The number of unbranched alkanes of at least 4 members (excludes halogenated alkanes) is 1. The predicted octanol–water partition coefficient (Wildman–Crippen LogP) is 1.05. The zero-order chi connectivity index (χ0) is 21.4. The number of nitrogens with one attached hydrogen (secondary N) is 2. The number of rotatable bonds is 10. The lowest BCUT2D eigenvalue weighted by Gasteiger charge is -2.09. The molecule has 10 nitrogen and oxygen atoms in total. The van der Waals surface area contributed by atoms with E-state index in [2.05, 4.69) is 22.5 Å². The number of carbonyl (C=O) groups excluding carboxylic acids is 2. The Kier molecular flexibility index (Phi) is 8.44. The molecule has 0 radical (unpaired) electrons. The van der Waals surface area contributed by atoms with Crippen LogP contribution in [0.3, 0.4) is 0 Å². The number of imidazole rings is 1. The number of thioether (sulfide) groups is 1. The van der Waals surface area contributed by atoms with Crippen molar-refractivity contribution in [1.82, 2.24) is 20.2 Å². The Labute approximate surface area is 173 Å². The minimum Gasteiger partial charge on any atom is -0.383 e. The van der Waals surface area contributed by atoms with Gasteiger partial charge in [-0.1, -0.05) is 25.1 Å². The van der Waals surface area contributed by atoms with Crippen molar-refractivity contribution in [3.05, 3.63) is 18.2 Å². The van der Waals surface area contributed by atoms with Gasteiger partial charge in [0.05, 0.1) is 28.3 Å². The zero-order valence-electron chi connectivity index (χ0n) is 16.3. The first-order valence-corrected chi connectivity index (χ1v) is 11.5. The number of methoxy groups -OCH3 is 1. The Morgan fingerprint density at radius 3 is 2.76 bits per heavy atom. The van der Waals surface area contributed by atoms with Crippen LogP contribution in [0.5, 0.6) is 0 Å². The molecule has 0 fully saturated rings. The summed E-state index contributed by atoms with van der Waals surface area (Å²) < 4.78 is 29.9. The summed E-state index contributed by atoms with van der Waals surface area (Å²) in [5, 5.41) is 10.5. The molecule has 12 heteroatoms. The van der Waals surface area contributed by atoms with E-state index in [0.717, 1.165) is 18.4 Å². The van der Waals surface area contributed by atoms with Crippen molar-refractivity contribution in [2.24, 2.45) is 5.14 Å². The summed E-state index contributed by atoms with van der Waals surface area (Å²) in [5.74, 6) is -0.487. The number of ether oxygens (including phenoxy) is 1. The average molecular weight is 444 g/mol. The maximum Gasteiger partial charge on any atom is 0.321 e. The molecule has 1 heterocycles. The van der Waals surface area contributed by atoms with Crippen LogP contribution in [0.25, 0.3) is 11.0 Å². The van der Waals surface area contributed by atoms with Gasteiger partial charge in [0.15, 0.2) is 5.16 Å². The first kappa shape index (κ1) is 23.1. The number of primary sulfonamides is 1. The molecule has 0 unspecified atom stereocenters. The number of amides is 3. The van der Waals surface area contributed by atoms with Gasteiger partial charge in [-0.2, -0.15) is 0 Å². The van der Waals surface area contributed by atoms with Crippen molar-refractivity contribution in [2.45, 2.75) is 36.4 Å². The molecule has 2 aromatic rings. The number of nitrogens with two attached hydrogens (primary N) is 1. The van der Waals surface area contributed by atoms with Gasteiger partial charge in [-0.05, 0) is 24.6 Å². The van der Waals surface area contributed by atoms with Crippen molar-refractivity contribution < 1.29 is 22.7 Å². The molecular weight excluding hydrogens is 418 g/mol. The molecule has 0 aliphatic heterocycles. The lowest BCUT2D eigenvalue weighted by Crippen LogP contribution is -2.41. The Morgan fingerprint density at radius 1 is 1.34 bits per heavy atom. The number of fused-ring (bicyclic) bond motifs is 1. The summed E-state index contributed by atoms with van der Waals surface area (Å²) >= 11 is 1.17. The van der Waals surface area contributed by atoms with Gasteiger partial charge in [0, 0.05) is 20.2 Å². The third-order valence-corrected chi connectivity index (χ3v) is 5.81. The van der Waals surface area contributed by atoms with Crippen LogP contribution in [0.2, 0.25) is 0 Å². The highest BCUT2D eigenvalue weighted by atomic mass is 32.2. The van der Waals surface area contributed by atoms with E-state index in [-0.39, 0.29) is 10.6 Å². The Morgan fingerprint density at radius 2 is 2.10 bits per heavy atom. The quantitative estimate of drug-likeness (QED) is 0.367. The summed E-state index contributed by atoms with van der Waals surface area (Å²) in [5.41, 5.74) is 1.24. The zero-order valence-corrected chi connectivity index (χ0v) is 17.9. The molecule has 0 saturated carbocycles. The summed E-state index contributed by atoms with van der Waals surface area (Å²) in [7, 11) is -2.33. The fourth-order valence-corrected chi connectivity index (χ4v) is 3.88. The molecule has 0 saturated heterocycles. The number of aromatic nitrogens is 2. The Hall–Kier alpha value is -2.15. The highest BCUT2D eigenvalue weighted by Gasteiger charge is 2.16. The van der Waals surface area contributed by atoms with Crippen molar-refractivity contribution in [3.63, 3.8) is 0 Å². The van der Waals surface area contributed by atoms with Gasteiger partial charge >= 0.3 is 6.03 Å². The van der Waals surface area contributed by atoms with E-state index in [1.807, 2.05) is 4.57 Å². The highest BCUT2D eigenvalue weighted by Crippen LogP contribution is 2.26. The number of hydrogen-bond donors (Lipinski definition) is 3. The SMILES string of the molecule is CCCCn1c(SCC(=O)NC(=O)NCCOC)nc2cc(S(N)(=O)=O)ccc21. The number of aryl methyl sites for hydroxylation is 1. The maximum atomic E-state index is 12.0. The minimum atomic E-state index is -3.84. The summed E-state index contributed by atoms with van der Waals surface area (Å²) in [6.07, 6.45) is 1.85. The molecule has 4 N–H and O–H groups in total. The largest absolute Gasteiger partial charge is 0.383 e. The second-order valence-electron chi connectivity index (χ2n) is 6.18. The number of urea groups is 1. The van der Waals surface area contributed by atoms with Gasteiger partial charge in [-0.15, -0.1) is 0 Å². The Bertz CT molecular complexity index is 974. The van der Waals surface area contributed by atoms with Crippen LogP contribution in [0, 0.1) is 0 Å². The first-order valence-electron chi connectivity index (χ1n) is 8.98. The number of carbonyl (C=O) groups is 2. The third kappa shape index (κ3) is 6.70. The van der Waals surface area contributed by atoms with Crippen molar-refractivity contribution in [1.29, 1.82) is 0 Å². The number of nitrogens with zero attached hydrogens (tertiary/aromatic N) is 2. The van der Waals surface area contributed by atoms with Crippen LogP contribution in [-0.2, 0) is 26.1 Å². The fourth-order valence-electron chi connectivity index (χ4n) is 2.51. The van der Waals surface area contributed by atoms with Crippen LogP contribution in [0.1, 0.15) is 19.8 Å². The van der Waals surface area contributed by atoms with Gasteiger partial charge in [-0.3, -0.25) is 10.1 Å². The molecule has 0 spiro atoms. The molecule has 160 valence electrons. The molecule has 1 aromatic carbocycles. The van der Waals surface area contributed by atoms with Gasteiger partial charge in [0.2, 0.25) is 15.9 Å². The molecule has 3 amide bonds. The summed E-state index contributed by atoms with van der Waals surface area (Å²) in [6.45, 7) is 3.37. The highest BCUT2D eigenvalue weighted by molar-refractivity contribution is 7.99. The van der Waals surface area contributed by atoms with E-state index in [0.29, 0.717) is 30.4 Å². The predicted molar refractivity (Wildman–Crippen MR) is 110 cm³/mol. The van der Waals surface area contributed by atoms with Crippen molar-refractivity contribution >= 4 is 44.8 Å². The number of benzene rings is 1. The van der Waals surface area contributed by atoms with Crippen molar-refractivity contribution in [2.75, 3.05) is 26.0 Å². The van der Waals surface area contributed by atoms with E-state index in [1.54, 1.807) is 6.07 Å². The lowest BCUT2D eigenvalue weighted by atomic mass is 10.3. The second kappa shape index (κ2) is 10.6. The molecular formula is C17H25N5O5S2. The number of imide groups is 1. The van der Waals surface area contributed by atoms with Crippen LogP contribution in [0.15, 0.2) is 28.3 Å². The Balaban J connectivity index is 2.13. The minimum absolute atomic E-state index is 0.0187. The van der Waals surface area contributed by atoms with Gasteiger partial charge in [0.1, 0.15) is 0 Å². The topological polar surface area (TPSA) is 145 Å². The van der Waals surface area contributed by atoms with E-state index in [1.165, 1.54) is 31.0 Å². The summed E-state index contributed by atoms with van der Waals surface area (Å²) in [4.78, 5) is 28.1. The second-order valence-corrected chi connectivity index (χ2v) is 8.68. The van der Waals surface area contributed by atoms with E-state index in [9.17, 15) is 18.0 Å². The van der Waals surface area contributed by atoms with E-state index >= 15 is 0 Å². The van der Waals surface area contributed by atoms with Crippen LogP contribution < -0.4 is 15.8 Å². The molecule has 1 aromatic heterocycles. The average Bonchev–Trinajstić information content (AvgIpc) is 3.01. The van der Waals surface area contributed by atoms with E-state index in [4.69, 9.17) is 9.88 Å².